The van der Waals surface area contributed by atoms with E-state index < -0.39 is 0 Å². The topological polar surface area (TPSA) is 117 Å². The Morgan fingerprint density at radius 1 is 1.56 bits per heavy atom. The van der Waals surface area contributed by atoms with Gasteiger partial charge in [0.25, 0.3) is 0 Å². The van der Waals surface area contributed by atoms with Gasteiger partial charge in [0.15, 0.2) is 11.1 Å². The maximum absolute atomic E-state index is 11.4. The molecule has 0 aliphatic rings. The van der Waals surface area contributed by atoms with Crippen LogP contribution in [0.4, 0.5) is 0 Å². The van der Waals surface area contributed by atoms with Gasteiger partial charge in [-0.25, -0.2) is 0 Å². The van der Waals surface area contributed by atoms with Crippen LogP contribution in [0.15, 0.2) is 22.5 Å². The summed E-state index contributed by atoms with van der Waals surface area (Å²) in [6.07, 6.45) is 0.819. The maximum Gasteiger partial charge on any atom is 0.230 e. The highest BCUT2D eigenvalue weighted by atomic mass is 32.2. The predicted molar refractivity (Wildman–Crippen MR) is 77.0 cm³/mol. The fourth-order valence-electron chi connectivity index (χ4n) is 1.11. The molecule has 1 heterocycles. The molecule has 0 atom stereocenters. The molecule has 1 aromatic rings. The van der Waals surface area contributed by atoms with Crippen LogP contribution in [0.3, 0.4) is 0 Å². The molecule has 0 aliphatic carbocycles. The van der Waals surface area contributed by atoms with Crippen LogP contribution in [0.5, 0.6) is 0 Å². The molecule has 0 bridgehead atoms. The third-order valence-corrected chi connectivity index (χ3v) is 3.55. The molecule has 0 saturated carbocycles. The number of carbonyl (C=O) groups excluding carboxylic acids is 1. The first kappa shape index (κ1) is 14.5. The minimum Gasteiger partial charge on any atom is -0.370 e. The highest BCUT2D eigenvalue weighted by Gasteiger charge is 2.04. The molecule has 1 rings (SSSR count). The smallest absolute Gasteiger partial charge is 0.230 e. The van der Waals surface area contributed by atoms with Crippen molar-refractivity contribution in [2.75, 3.05) is 12.3 Å². The van der Waals surface area contributed by atoms with Crippen molar-refractivity contribution < 1.29 is 4.79 Å². The quantitative estimate of drug-likeness (QED) is 0.461. The number of hydrogen-bond donors (Lipinski definition) is 4. The molecular formula is C10H15N5OS2. The fraction of sp³-hybridized carbons (Fsp3) is 0.300. The van der Waals surface area contributed by atoms with Crippen LogP contribution in [-0.4, -0.2) is 29.3 Å². The second-order valence-corrected chi connectivity index (χ2v) is 5.31. The Labute approximate surface area is 113 Å². The summed E-state index contributed by atoms with van der Waals surface area (Å²) in [5.74, 6) is -0.169. The molecule has 0 radical (unpaired) electrons. The Hall–Kier alpha value is -1.54. The number of nitrogens with zero attached hydrogens (tertiary/aromatic N) is 1. The van der Waals surface area contributed by atoms with Crippen molar-refractivity contribution in [3.63, 3.8) is 0 Å². The third-order valence-electron chi connectivity index (χ3n) is 1.84. The average Bonchev–Trinajstić information content (AvgIpc) is 2.78. The number of aliphatic imine (C=N–C) groups is 1. The number of guanidine groups is 1. The van der Waals surface area contributed by atoms with Gasteiger partial charge >= 0.3 is 0 Å². The number of carbonyl (C=O) groups is 1. The molecule has 0 fully saturated rings. The minimum absolute atomic E-state index is 0.0663. The molecular weight excluding hydrogens is 270 g/mol. The first-order valence-electron chi connectivity index (χ1n) is 5.18. The van der Waals surface area contributed by atoms with Gasteiger partial charge in [-0.2, -0.15) is 4.99 Å². The van der Waals surface area contributed by atoms with Crippen LogP contribution in [-0.2, 0) is 11.2 Å². The van der Waals surface area contributed by atoms with Gasteiger partial charge in [0.2, 0.25) is 5.91 Å². The van der Waals surface area contributed by atoms with Crippen LogP contribution in [0.2, 0.25) is 0 Å². The monoisotopic (exact) mass is 285 g/mol. The molecule has 1 amide bonds. The second-order valence-electron chi connectivity index (χ2n) is 3.31. The van der Waals surface area contributed by atoms with E-state index in [1.54, 1.807) is 11.3 Å². The van der Waals surface area contributed by atoms with Gasteiger partial charge in [-0.1, -0.05) is 17.8 Å². The number of hydrogen-bond acceptors (Lipinski definition) is 4. The van der Waals surface area contributed by atoms with Gasteiger partial charge in [-0.15, -0.1) is 11.3 Å². The molecule has 6 N–H and O–H groups in total. The Morgan fingerprint density at radius 3 is 2.94 bits per heavy atom. The van der Waals surface area contributed by atoms with E-state index in [1.807, 2.05) is 17.5 Å². The zero-order valence-electron chi connectivity index (χ0n) is 9.68. The lowest BCUT2D eigenvalue weighted by molar-refractivity contribution is -0.118. The van der Waals surface area contributed by atoms with E-state index in [0.717, 1.165) is 18.2 Å². The summed E-state index contributed by atoms with van der Waals surface area (Å²) in [6, 6.07) is 4.01. The van der Waals surface area contributed by atoms with Crippen LogP contribution in [0, 0.1) is 5.41 Å². The van der Waals surface area contributed by atoms with E-state index in [-0.39, 0.29) is 22.8 Å². The Balaban J connectivity index is 2.14. The van der Waals surface area contributed by atoms with Crippen LogP contribution in [0.25, 0.3) is 0 Å². The van der Waals surface area contributed by atoms with Crippen molar-refractivity contribution in [1.82, 2.24) is 5.32 Å². The lowest BCUT2D eigenvalue weighted by Crippen LogP contribution is -2.28. The number of thiophene rings is 1. The summed E-state index contributed by atoms with van der Waals surface area (Å²) in [5, 5.41) is 12.0. The molecule has 98 valence electrons. The summed E-state index contributed by atoms with van der Waals surface area (Å²) in [5.41, 5.74) is 10.2. The number of nitrogens with one attached hydrogen (secondary N) is 2. The zero-order valence-corrected chi connectivity index (χ0v) is 11.3. The highest BCUT2D eigenvalue weighted by molar-refractivity contribution is 8.14. The molecule has 0 saturated heterocycles. The van der Waals surface area contributed by atoms with Gasteiger partial charge < -0.3 is 16.8 Å². The fourth-order valence-corrected chi connectivity index (χ4v) is 2.36. The number of amidine groups is 1. The molecule has 0 spiro atoms. The molecule has 0 unspecified atom stereocenters. The molecule has 0 aromatic carbocycles. The molecule has 18 heavy (non-hydrogen) atoms. The van der Waals surface area contributed by atoms with E-state index in [4.69, 9.17) is 16.9 Å². The van der Waals surface area contributed by atoms with Crippen molar-refractivity contribution >= 4 is 40.1 Å². The first-order valence-corrected chi connectivity index (χ1v) is 7.04. The van der Waals surface area contributed by atoms with Gasteiger partial charge in [0.1, 0.15) is 0 Å². The summed E-state index contributed by atoms with van der Waals surface area (Å²) in [6.45, 7) is 0.593. The van der Waals surface area contributed by atoms with Crippen molar-refractivity contribution in [1.29, 1.82) is 5.41 Å². The summed E-state index contributed by atoms with van der Waals surface area (Å²) in [7, 11) is 0. The summed E-state index contributed by atoms with van der Waals surface area (Å²) >= 11 is 2.65. The number of amides is 1. The van der Waals surface area contributed by atoms with Crippen molar-refractivity contribution in [3.8, 4) is 0 Å². The van der Waals surface area contributed by atoms with E-state index in [0.29, 0.717) is 6.54 Å². The van der Waals surface area contributed by atoms with Crippen LogP contribution >= 0.6 is 23.1 Å². The lowest BCUT2D eigenvalue weighted by atomic mass is 10.3. The Bertz CT molecular complexity index is 425. The molecule has 0 aliphatic heterocycles. The number of thioether (sulfide) groups is 1. The van der Waals surface area contributed by atoms with Gasteiger partial charge in [0.05, 0.1) is 5.75 Å². The predicted octanol–water partition coefficient (Wildman–Crippen LogP) is 0.348. The standard InChI is InChI=1S/C10H15N5OS2/c11-9(12)15-10(13)18-6-8(16)14-4-3-7-2-1-5-17-7/h1-2,5H,3-4,6H2,(H,14,16)(H5,11,12,13,15). The Morgan fingerprint density at radius 2 is 2.33 bits per heavy atom. The van der Waals surface area contributed by atoms with E-state index in [2.05, 4.69) is 10.3 Å². The van der Waals surface area contributed by atoms with Gasteiger partial charge in [-0.05, 0) is 17.9 Å². The number of rotatable bonds is 5. The Kier molecular flexibility index (Phi) is 6.23. The van der Waals surface area contributed by atoms with Crippen molar-refractivity contribution in [2.24, 2.45) is 16.5 Å². The minimum atomic E-state index is -0.175. The SMILES string of the molecule is N=C(N=C(N)N)SCC(=O)NCCc1cccs1. The van der Waals surface area contributed by atoms with Crippen molar-refractivity contribution in [3.05, 3.63) is 22.4 Å². The molecule has 1 aromatic heterocycles. The largest absolute Gasteiger partial charge is 0.370 e. The van der Waals surface area contributed by atoms with Gasteiger partial charge in [0, 0.05) is 11.4 Å². The van der Waals surface area contributed by atoms with E-state index in [9.17, 15) is 4.79 Å². The molecule has 8 heteroatoms. The summed E-state index contributed by atoms with van der Waals surface area (Å²) in [4.78, 5) is 16.2. The van der Waals surface area contributed by atoms with Gasteiger partial charge in [-0.3, -0.25) is 10.2 Å². The normalized spacial score (nSPS) is 9.78. The van der Waals surface area contributed by atoms with E-state index >= 15 is 0 Å². The average molecular weight is 285 g/mol. The van der Waals surface area contributed by atoms with E-state index in [1.165, 1.54) is 4.88 Å². The second kappa shape index (κ2) is 7.72. The van der Waals surface area contributed by atoms with Crippen molar-refractivity contribution in [2.45, 2.75) is 6.42 Å². The zero-order chi connectivity index (χ0) is 13.4. The molecule has 6 nitrogen and oxygen atoms in total. The highest BCUT2D eigenvalue weighted by Crippen LogP contribution is 2.08. The maximum atomic E-state index is 11.4. The summed E-state index contributed by atoms with van der Waals surface area (Å²) < 4.78 is 0. The van der Waals surface area contributed by atoms with Crippen LogP contribution < -0.4 is 16.8 Å². The first-order chi connectivity index (χ1) is 8.58. The lowest BCUT2D eigenvalue weighted by Gasteiger charge is -2.03. The number of nitrogens with two attached hydrogens (primary N) is 2. The third kappa shape index (κ3) is 6.26. The van der Waals surface area contributed by atoms with Crippen LogP contribution in [0.1, 0.15) is 4.88 Å².